The van der Waals surface area contributed by atoms with E-state index in [1.54, 1.807) is 19.4 Å². The summed E-state index contributed by atoms with van der Waals surface area (Å²) in [7, 11) is 3.76. The fraction of sp³-hybridized carbons (Fsp3) is 0.632. The molecule has 1 unspecified atom stereocenters. The minimum absolute atomic E-state index is 0.0233. The molecule has 0 bridgehead atoms. The monoisotopic (exact) mass is 360 g/mol. The number of amides is 2. The van der Waals surface area contributed by atoms with Crippen LogP contribution in [0.2, 0.25) is 0 Å². The molecule has 142 valence electrons. The van der Waals surface area contributed by atoms with Gasteiger partial charge in [0.2, 0.25) is 5.91 Å². The minimum Gasteiger partial charge on any atom is -0.383 e. The molecule has 3 heterocycles. The third kappa shape index (κ3) is 3.88. The highest BCUT2D eigenvalue weighted by molar-refractivity contribution is 5.92. The summed E-state index contributed by atoms with van der Waals surface area (Å²) >= 11 is 0. The van der Waals surface area contributed by atoms with E-state index in [2.05, 4.69) is 16.9 Å². The van der Waals surface area contributed by atoms with Gasteiger partial charge in [0.1, 0.15) is 5.69 Å². The van der Waals surface area contributed by atoms with Crippen molar-refractivity contribution in [2.45, 2.75) is 24.8 Å². The number of carbonyl (C=O) groups is 2. The van der Waals surface area contributed by atoms with Gasteiger partial charge in [0.05, 0.1) is 6.61 Å². The second-order valence-electron chi connectivity index (χ2n) is 7.21. The Kier molecular flexibility index (Phi) is 5.88. The van der Waals surface area contributed by atoms with E-state index in [0.717, 1.165) is 19.4 Å². The molecule has 2 fully saturated rings. The number of pyridine rings is 1. The number of piperazine rings is 1. The molecule has 2 aliphatic heterocycles. The van der Waals surface area contributed by atoms with Gasteiger partial charge in [0, 0.05) is 58.0 Å². The van der Waals surface area contributed by atoms with Crippen LogP contribution < -0.4 is 0 Å². The maximum atomic E-state index is 12.8. The van der Waals surface area contributed by atoms with Crippen molar-refractivity contribution in [3.8, 4) is 0 Å². The van der Waals surface area contributed by atoms with E-state index in [1.165, 1.54) is 0 Å². The van der Waals surface area contributed by atoms with Crippen LogP contribution in [0.5, 0.6) is 0 Å². The number of methoxy groups -OCH3 is 1. The van der Waals surface area contributed by atoms with Crippen LogP contribution in [0.1, 0.15) is 29.8 Å². The van der Waals surface area contributed by atoms with E-state index in [4.69, 9.17) is 4.74 Å². The maximum absolute atomic E-state index is 12.8. The maximum Gasteiger partial charge on any atom is 0.272 e. The zero-order chi connectivity index (χ0) is 18.6. The molecule has 1 aromatic rings. The van der Waals surface area contributed by atoms with Crippen LogP contribution in [0.4, 0.5) is 0 Å². The van der Waals surface area contributed by atoms with E-state index in [1.807, 2.05) is 21.9 Å². The Morgan fingerprint density at radius 2 is 2.12 bits per heavy atom. The Hall–Kier alpha value is -1.99. The van der Waals surface area contributed by atoms with Crippen LogP contribution in [0, 0.1) is 0 Å². The summed E-state index contributed by atoms with van der Waals surface area (Å²) in [5.41, 5.74) is 0.332. The average Bonchev–Trinajstić information content (AvgIpc) is 2.83. The smallest absolute Gasteiger partial charge is 0.272 e. The van der Waals surface area contributed by atoms with Crippen LogP contribution in [0.25, 0.3) is 0 Å². The number of carbonyl (C=O) groups excluding carboxylic acids is 2. The van der Waals surface area contributed by atoms with Crippen molar-refractivity contribution in [3.63, 3.8) is 0 Å². The number of likely N-dealkylation sites (N-methyl/N-ethyl adjacent to an activating group) is 1. The van der Waals surface area contributed by atoms with Crippen LogP contribution in [-0.2, 0) is 9.53 Å². The van der Waals surface area contributed by atoms with Gasteiger partial charge in [-0.15, -0.1) is 0 Å². The first kappa shape index (κ1) is 18.8. The van der Waals surface area contributed by atoms with Crippen molar-refractivity contribution in [3.05, 3.63) is 30.1 Å². The van der Waals surface area contributed by atoms with Crippen molar-refractivity contribution >= 4 is 11.8 Å². The van der Waals surface area contributed by atoms with Gasteiger partial charge >= 0.3 is 0 Å². The zero-order valence-corrected chi connectivity index (χ0v) is 15.7. The molecule has 1 aromatic heterocycles. The summed E-state index contributed by atoms with van der Waals surface area (Å²) in [5, 5.41) is 0. The molecule has 0 aromatic carbocycles. The molecule has 1 spiro atoms. The van der Waals surface area contributed by atoms with Crippen LogP contribution in [0.15, 0.2) is 24.4 Å². The summed E-state index contributed by atoms with van der Waals surface area (Å²) < 4.78 is 5.13. The third-order valence-corrected chi connectivity index (χ3v) is 5.74. The number of likely N-dealkylation sites (tertiary alicyclic amines) is 1. The van der Waals surface area contributed by atoms with Gasteiger partial charge in [-0.25, -0.2) is 0 Å². The lowest BCUT2D eigenvalue weighted by molar-refractivity contribution is -0.131. The predicted octanol–water partition coefficient (Wildman–Crippen LogP) is 0.867. The van der Waals surface area contributed by atoms with Crippen molar-refractivity contribution < 1.29 is 14.3 Å². The minimum atomic E-state index is -0.153. The fourth-order valence-electron chi connectivity index (χ4n) is 3.96. The standard InChI is InChI=1S/C19H28N4O3/c1-21-11-12-23(18(25)16-5-3-4-9-20-16)15-19(21)7-6-17(24)22(10-8-19)13-14-26-2/h3-5,9H,6-8,10-15H2,1-2H3. The first-order valence-electron chi connectivity index (χ1n) is 9.24. The molecule has 7 nitrogen and oxygen atoms in total. The summed E-state index contributed by atoms with van der Waals surface area (Å²) in [6.45, 7) is 4.03. The highest BCUT2D eigenvalue weighted by Crippen LogP contribution is 2.32. The van der Waals surface area contributed by atoms with Crippen LogP contribution >= 0.6 is 0 Å². The fourth-order valence-corrected chi connectivity index (χ4v) is 3.96. The van der Waals surface area contributed by atoms with Crippen molar-refractivity contribution in [2.24, 2.45) is 0 Å². The first-order valence-corrected chi connectivity index (χ1v) is 9.24. The van der Waals surface area contributed by atoms with E-state index >= 15 is 0 Å². The first-order chi connectivity index (χ1) is 12.6. The lowest BCUT2D eigenvalue weighted by Gasteiger charge is -2.49. The molecule has 0 aliphatic carbocycles. The highest BCUT2D eigenvalue weighted by atomic mass is 16.5. The number of hydrogen-bond acceptors (Lipinski definition) is 5. The third-order valence-electron chi connectivity index (χ3n) is 5.74. The SMILES string of the molecule is COCCN1CCC2(CCC1=O)CN(C(=O)c1ccccn1)CCN2C. The average molecular weight is 360 g/mol. The molecule has 2 amide bonds. The molecule has 26 heavy (non-hydrogen) atoms. The Morgan fingerprint density at radius 3 is 2.85 bits per heavy atom. The number of rotatable bonds is 4. The molecular formula is C19H28N4O3. The Balaban J connectivity index is 1.73. The van der Waals surface area contributed by atoms with Gasteiger partial charge in [-0.2, -0.15) is 0 Å². The van der Waals surface area contributed by atoms with Gasteiger partial charge in [-0.3, -0.25) is 19.5 Å². The van der Waals surface area contributed by atoms with E-state index < -0.39 is 0 Å². The molecule has 0 saturated carbocycles. The quantitative estimate of drug-likeness (QED) is 0.797. The number of hydrogen-bond donors (Lipinski definition) is 0. The highest BCUT2D eigenvalue weighted by Gasteiger charge is 2.43. The summed E-state index contributed by atoms with van der Waals surface area (Å²) in [6.07, 6.45) is 3.81. The Morgan fingerprint density at radius 1 is 1.27 bits per heavy atom. The van der Waals surface area contributed by atoms with Gasteiger partial charge in [-0.1, -0.05) is 6.07 Å². The van der Waals surface area contributed by atoms with Gasteiger partial charge in [0.25, 0.3) is 5.91 Å². The molecule has 3 rings (SSSR count). The topological polar surface area (TPSA) is 66.0 Å². The summed E-state index contributed by atoms with van der Waals surface area (Å²) in [5.74, 6) is 0.158. The largest absolute Gasteiger partial charge is 0.383 e. The molecular weight excluding hydrogens is 332 g/mol. The predicted molar refractivity (Wildman–Crippen MR) is 97.8 cm³/mol. The zero-order valence-electron chi connectivity index (χ0n) is 15.7. The van der Waals surface area contributed by atoms with Crippen molar-refractivity contribution in [2.75, 3.05) is 53.5 Å². The lowest BCUT2D eigenvalue weighted by atomic mass is 9.86. The molecule has 2 aliphatic rings. The molecule has 1 atom stereocenters. The van der Waals surface area contributed by atoms with Crippen LogP contribution in [0.3, 0.4) is 0 Å². The van der Waals surface area contributed by atoms with E-state index in [9.17, 15) is 9.59 Å². The second-order valence-corrected chi connectivity index (χ2v) is 7.21. The van der Waals surface area contributed by atoms with Crippen LogP contribution in [-0.4, -0.2) is 90.5 Å². The normalized spacial score (nSPS) is 24.8. The molecule has 0 radical (unpaired) electrons. The molecule has 7 heteroatoms. The van der Waals surface area contributed by atoms with Crippen molar-refractivity contribution in [1.29, 1.82) is 0 Å². The number of aromatic nitrogens is 1. The Bertz CT molecular complexity index is 639. The number of nitrogens with zero attached hydrogens (tertiary/aromatic N) is 4. The van der Waals surface area contributed by atoms with E-state index in [-0.39, 0.29) is 17.4 Å². The molecule has 2 saturated heterocycles. The molecule has 0 N–H and O–H groups in total. The number of ether oxygens (including phenoxy) is 1. The van der Waals surface area contributed by atoms with E-state index in [0.29, 0.717) is 44.9 Å². The summed E-state index contributed by atoms with van der Waals surface area (Å²) in [6, 6.07) is 5.41. The second kappa shape index (κ2) is 8.14. The summed E-state index contributed by atoms with van der Waals surface area (Å²) in [4.78, 5) is 35.6. The lowest BCUT2D eigenvalue weighted by Crippen LogP contribution is -2.62. The van der Waals surface area contributed by atoms with Gasteiger partial charge in [-0.05, 0) is 32.0 Å². The van der Waals surface area contributed by atoms with Gasteiger partial charge < -0.3 is 14.5 Å². The van der Waals surface area contributed by atoms with Gasteiger partial charge in [0.15, 0.2) is 0 Å². The van der Waals surface area contributed by atoms with Crippen molar-refractivity contribution in [1.82, 2.24) is 19.7 Å². The Labute approximate surface area is 154 Å².